The first-order chi connectivity index (χ1) is 3.31. The summed E-state index contributed by atoms with van der Waals surface area (Å²) in [7, 11) is 3.36. The lowest BCUT2D eigenvalue weighted by Gasteiger charge is -1.91. The summed E-state index contributed by atoms with van der Waals surface area (Å²) in [6, 6.07) is 0. The molecule has 0 saturated heterocycles. The molecule has 0 saturated carbocycles. The maximum atomic E-state index is 5.22. The van der Waals surface area contributed by atoms with Crippen LogP contribution in [-0.2, 0) is 4.74 Å². The first kappa shape index (κ1) is 6.43. The molecule has 0 aromatic rings. The minimum absolute atomic E-state index is 0.516. The summed E-state index contributed by atoms with van der Waals surface area (Å²) >= 11 is 0. The minimum atomic E-state index is 0.516. The highest BCUT2D eigenvalue weighted by molar-refractivity contribution is 5.71. The molecule has 7 heavy (non-hydrogen) atoms. The Balaban J connectivity index is 3.00. The molecule has 0 spiro atoms. The molecule has 0 fully saturated rings. The standard InChI is InChI=1S/C4H10N2O/c1-6-3-4(5)7-2/h5-6H,3H2,1-2H3/p+1. The van der Waals surface area contributed by atoms with Gasteiger partial charge in [0, 0.05) is 0 Å². The number of nitrogens with two attached hydrogens (primary N) is 1. The third-order valence-corrected chi connectivity index (χ3v) is 0.613. The zero-order chi connectivity index (χ0) is 5.70. The Labute approximate surface area is 43.2 Å². The average Bonchev–Trinajstić information content (AvgIpc) is 1.68. The van der Waals surface area contributed by atoms with Crippen molar-refractivity contribution in [3.8, 4) is 0 Å². The molecule has 0 aliphatic carbocycles. The molecular weight excluding hydrogens is 92.1 g/mol. The number of rotatable bonds is 2. The molecule has 3 N–H and O–H groups in total. The van der Waals surface area contributed by atoms with E-state index in [4.69, 9.17) is 5.41 Å². The molecule has 0 bridgehead atoms. The second-order valence-corrected chi connectivity index (χ2v) is 1.20. The summed E-state index contributed by atoms with van der Waals surface area (Å²) in [5.74, 6) is 0.516. The highest BCUT2D eigenvalue weighted by atomic mass is 16.5. The third-order valence-electron chi connectivity index (χ3n) is 0.613. The van der Waals surface area contributed by atoms with Gasteiger partial charge in [-0.15, -0.1) is 0 Å². The smallest absolute Gasteiger partial charge is 0.347 e. The van der Waals surface area contributed by atoms with Crippen LogP contribution >= 0.6 is 0 Å². The van der Waals surface area contributed by atoms with Gasteiger partial charge in [-0.25, -0.2) is 5.41 Å². The van der Waals surface area contributed by atoms with E-state index in [0.717, 1.165) is 0 Å². The van der Waals surface area contributed by atoms with Gasteiger partial charge in [-0.1, -0.05) is 0 Å². The second kappa shape index (κ2) is 3.61. The van der Waals surface area contributed by atoms with Gasteiger partial charge >= 0.3 is 5.90 Å². The Kier molecular flexibility index (Phi) is 3.32. The van der Waals surface area contributed by atoms with Gasteiger partial charge in [-0.2, -0.15) is 0 Å². The summed E-state index contributed by atoms with van der Waals surface area (Å²) in [5.41, 5.74) is 0. The molecular formula is C4H11N2O+. The zero-order valence-corrected chi connectivity index (χ0v) is 4.69. The maximum absolute atomic E-state index is 5.22. The Morgan fingerprint density at radius 2 is 2.43 bits per heavy atom. The van der Waals surface area contributed by atoms with Crippen LogP contribution in [0.1, 0.15) is 0 Å². The molecule has 0 radical (unpaired) electrons. The predicted octanol–water partition coefficient (Wildman–Crippen LogP) is -1.99. The van der Waals surface area contributed by atoms with Crippen molar-refractivity contribution in [3.05, 3.63) is 0 Å². The maximum Gasteiger partial charge on any atom is 0.347 e. The highest BCUT2D eigenvalue weighted by Gasteiger charge is 1.93. The van der Waals surface area contributed by atoms with Crippen molar-refractivity contribution >= 4 is 5.90 Å². The summed E-state index contributed by atoms with van der Waals surface area (Å²) in [6.07, 6.45) is 0. The number of likely N-dealkylation sites (N-methyl/N-ethyl adjacent to an activating group) is 1. The molecule has 0 aliphatic heterocycles. The Morgan fingerprint density at radius 3 is 2.57 bits per heavy atom. The molecule has 3 heteroatoms. The Bertz CT molecular complexity index is 62.7. The lowest BCUT2D eigenvalue weighted by Crippen LogP contribution is -2.45. The number of hydrogen-bond donors (Lipinski definition) is 2. The molecule has 0 rings (SSSR count). The van der Waals surface area contributed by atoms with Crippen LogP contribution in [0, 0.1) is 0 Å². The third kappa shape index (κ3) is 3.26. The largest absolute Gasteiger partial charge is 0.450 e. The van der Waals surface area contributed by atoms with E-state index in [2.05, 4.69) is 10.1 Å². The Morgan fingerprint density at radius 1 is 1.86 bits per heavy atom. The van der Waals surface area contributed by atoms with Crippen LogP contribution in [-0.4, -0.2) is 26.6 Å². The van der Waals surface area contributed by atoms with Crippen molar-refractivity contribution < 1.29 is 10.1 Å². The van der Waals surface area contributed by atoms with E-state index in [9.17, 15) is 0 Å². The summed E-state index contributed by atoms with van der Waals surface area (Å²) in [5, 5.41) is 8.05. The molecule has 0 aromatic carbocycles. The first-order valence-corrected chi connectivity index (χ1v) is 2.11. The lowest BCUT2D eigenvalue weighted by atomic mass is 10.6. The normalized spacial score (nSPS) is 8.29. The molecule has 3 nitrogen and oxygen atoms in total. The van der Waals surface area contributed by atoms with E-state index >= 15 is 0 Å². The average molecular weight is 103 g/mol. The van der Waals surface area contributed by atoms with Crippen molar-refractivity contribution in [2.24, 2.45) is 0 Å². The van der Waals surface area contributed by atoms with E-state index in [-0.39, 0.29) is 0 Å². The van der Waals surface area contributed by atoms with Crippen molar-refractivity contribution in [3.63, 3.8) is 0 Å². The molecule has 0 amide bonds. The fourth-order valence-corrected chi connectivity index (χ4v) is 0.246. The summed E-state index contributed by atoms with van der Waals surface area (Å²) in [6.45, 7) is 0.622. The second-order valence-electron chi connectivity index (χ2n) is 1.20. The fraction of sp³-hybridized carbons (Fsp3) is 0.750. The zero-order valence-electron chi connectivity index (χ0n) is 4.69. The number of methoxy groups -OCH3 is 1. The quantitative estimate of drug-likeness (QED) is 0.314. The van der Waals surface area contributed by atoms with Crippen LogP contribution in [0.5, 0.6) is 0 Å². The van der Waals surface area contributed by atoms with Crippen molar-refractivity contribution in [1.29, 1.82) is 0 Å². The summed E-state index contributed by atoms with van der Waals surface area (Å²) < 4.78 is 4.62. The predicted molar refractivity (Wildman–Crippen MR) is 27.9 cm³/mol. The van der Waals surface area contributed by atoms with Crippen molar-refractivity contribution in [2.45, 2.75) is 0 Å². The molecule has 42 valence electrons. The van der Waals surface area contributed by atoms with Gasteiger partial charge < -0.3 is 10.1 Å². The van der Waals surface area contributed by atoms with Gasteiger partial charge in [0.05, 0.1) is 7.11 Å². The monoisotopic (exact) mass is 103 g/mol. The van der Waals surface area contributed by atoms with Gasteiger partial charge in [0.25, 0.3) is 0 Å². The van der Waals surface area contributed by atoms with E-state index in [0.29, 0.717) is 12.4 Å². The number of nitrogens with one attached hydrogen (secondary N) is 1. The van der Waals surface area contributed by atoms with Crippen LogP contribution in [0.25, 0.3) is 0 Å². The molecule has 0 atom stereocenters. The molecule has 0 heterocycles. The molecule has 0 aromatic heterocycles. The van der Waals surface area contributed by atoms with Crippen LogP contribution in [0.3, 0.4) is 0 Å². The fourth-order valence-electron chi connectivity index (χ4n) is 0.246. The highest BCUT2D eigenvalue weighted by Crippen LogP contribution is 1.59. The number of ether oxygens (including phenoxy) is 1. The molecule has 0 aliphatic rings. The van der Waals surface area contributed by atoms with Crippen molar-refractivity contribution in [1.82, 2.24) is 5.32 Å². The lowest BCUT2D eigenvalue weighted by molar-refractivity contribution is -0.139. The van der Waals surface area contributed by atoms with Gasteiger partial charge in [0.1, 0.15) is 6.54 Å². The van der Waals surface area contributed by atoms with Crippen LogP contribution in [0.15, 0.2) is 0 Å². The van der Waals surface area contributed by atoms with Gasteiger partial charge in [-0.3, -0.25) is 0 Å². The van der Waals surface area contributed by atoms with E-state index < -0.39 is 0 Å². The van der Waals surface area contributed by atoms with Crippen LogP contribution < -0.4 is 10.7 Å². The number of hydrogen-bond acceptors (Lipinski definition) is 2. The molecule has 0 unspecified atom stereocenters. The van der Waals surface area contributed by atoms with E-state index in [1.165, 1.54) is 0 Å². The minimum Gasteiger partial charge on any atom is -0.450 e. The summed E-state index contributed by atoms with van der Waals surface area (Å²) in [4.78, 5) is 0. The topological polar surface area (TPSA) is 46.8 Å². The van der Waals surface area contributed by atoms with Crippen LogP contribution in [0.2, 0.25) is 0 Å². The van der Waals surface area contributed by atoms with Gasteiger partial charge in [0.15, 0.2) is 0 Å². The van der Waals surface area contributed by atoms with E-state index in [1.807, 2.05) is 7.05 Å². The Hall–Kier alpha value is -0.570. The first-order valence-electron chi connectivity index (χ1n) is 2.11. The van der Waals surface area contributed by atoms with Gasteiger partial charge in [-0.05, 0) is 7.05 Å². The SMILES string of the molecule is CNCC(=[NH2+])OC. The van der Waals surface area contributed by atoms with Gasteiger partial charge in [0.2, 0.25) is 0 Å². The van der Waals surface area contributed by atoms with Crippen LogP contribution in [0.4, 0.5) is 0 Å². The van der Waals surface area contributed by atoms with E-state index in [1.54, 1.807) is 7.11 Å². The van der Waals surface area contributed by atoms with Crippen molar-refractivity contribution in [2.75, 3.05) is 20.7 Å².